The lowest BCUT2D eigenvalue weighted by molar-refractivity contribution is -0.138. The van der Waals surface area contributed by atoms with E-state index in [4.69, 9.17) is 4.74 Å². The number of nitrogens with zero attached hydrogens (tertiary/aromatic N) is 2. The minimum absolute atomic E-state index is 0.0157. The molecule has 1 amide bonds. The molecule has 2 aliphatic rings. The molecule has 0 bridgehead atoms. The van der Waals surface area contributed by atoms with Gasteiger partial charge in [-0.15, -0.1) is 0 Å². The topological polar surface area (TPSA) is 53.0 Å². The summed E-state index contributed by atoms with van der Waals surface area (Å²) < 4.78 is 44.8. The van der Waals surface area contributed by atoms with Crippen LogP contribution in [0, 0.1) is 11.8 Å². The summed E-state index contributed by atoms with van der Waals surface area (Å²) in [5.74, 6) is 0.396. The van der Waals surface area contributed by atoms with Crippen LogP contribution in [0.1, 0.15) is 30.4 Å². The number of piperidine rings is 1. The summed E-state index contributed by atoms with van der Waals surface area (Å²) in [6.07, 6.45) is -1.71. The Labute approximate surface area is 191 Å². The zero-order chi connectivity index (χ0) is 23.4. The molecule has 2 aromatic carbocycles. The van der Waals surface area contributed by atoms with Crippen LogP contribution in [0.15, 0.2) is 48.5 Å². The molecule has 2 fully saturated rings. The molecule has 8 heteroatoms. The molecule has 2 heterocycles. The zero-order valence-corrected chi connectivity index (χ0v) is 18.4. The number of hydrogen-bond acceptors (Lipinski definition) is 4. The van der Waals surface area contributed by atoms with Gasteiger partial charge in [-0.05, 0) is 55.2 Å². The maximum Gasteiger partial charge on any atom is 0.416 e. The Hall–Kier alpha value is -2.74. The van der Waals surface area contributed by atoms with E-state index in [9.17, 15) is 23.1 Å². The van der Waals surface area contributed by atoms with Crippen LogP contribution in [0.3, 0.4) is 0 Å². The predicted molar refractivity (Wildman–Crippen MR) is 118 cm³/mol. The van der Waals surface area contributed by atoms with E-state index in [1.807, 2.05) is 17.0 Å². The lowest BCUT2D eigenvalue weighted by atomic mass is 9.88. The predicted octanol–water partition coefficient (Wildman–Crippen LogP) is 4.55. The molecule has 5 nitrogen and oxygen atoms in total. The van der Waals surface area contributed by atoms with Gasteiger partial charge in [-0.3, -0.25) is 9.69 Å². The summed E-state index contributed by atoms with van der Waals surface area (Å²) in [7, 11) is 0. The van der Waals surface area contributed by atoms with Gasteiger partial charge in [-0.2, -0.15) is 13.2 Å². The van der Waals surface area contributed by atoms with Crippen LogP contribution in [0.25, 0.3) is 0 Å². The fourth-order valence-corrected chi connectivity index (χ4v) is 4.76. The summed E-state index contributed by atoms with van der Waals surface area (Å²) >= 11 is 0. The van der Waals surface area contributed by atoms with E-state index in [0.717, 1.165) is 43.6 Å². The number of hydrogen-bond donors (Lipinski definition) is 1. The smallest absolute Gasteiger partial charge is 0.416 e. The van der Waals surface area contributed by atoms with Crippen molar-refractivity contribution in [2.45, 2.75) is 32.0 Å². The van der Waals surface area contributed by atoms with E-state index >= 15 is 0 Å². The second-order valence-electron chi connectivity index (χ2n) is 9.03. The average Bonchev–Trinajstić information content (AvgIpc) is 3.33. The van der Waals surface area contributed by atoms with Crippen molar-refractivity contribution in [2.75, 3.05) is 32.8 Å². The highest BCUT2D eigenvalue weighted by Gasteiger charge is 2.35. The van der Waals surface area contributed by atoms with Gasteiger partial charge >= 0.3 is 6.18 Å². The van der Waals surface area contributed by atoms with Gasteiger partial charge in [-0.25, -0.2) is 0 Å². The van der Waals surface area contributed by atoms with Crippen LogP contribution >= 0.6 is 0 Å². The first kappa shape index (κ1) is 23.4. The number of aromatic hydroxyl groups is 1. The van der Waals surface area contributed by atoms with Crippen molar-refractivity contribution in [1.82, 2.24) is 9.80 Å². The molecular formula is C25H29F3N2O3. The Kier molecular flexibility index (Phi) is 7.12. The quantitative estimate of drug-likeness (QED) is 0.685. The van der Waals surface area contributed by atoms with Gasteiger partial charge in [0.05, 0.1) is 18.1 Å². The second kappa shape index (κ2) is 10.0. The second-order valence-corrected chi connectivity index (χ2v) is 9.03. The first-order valence-electron chi connectivity index (χ1n) is 11.4. The van der Waals surface area contributed by atoms with Crippen LogP contribution in [0.4, 0.5) is 13.2 Å². The maximum atomic E-state index is 13.1. The highest BCUT2D eigenvalue weighted by Crippen LogP contribution is 2.32. The van der Waals surface area contributed by atoms with Crippen molar-refractivity contribution in [3.8, 4) is 11.5 Å². The van der Waals surface area contributed by atoms with Crippen molar-refractivity contribution in [3.05, 3.63) is 59.7 Å². The first-order chi connectivity index (χ1) is 15.8. The number of halogens is 3. The monoisotopic (exact) mass is 462 g/mol. The third-order valence-electron chi connectivity index (χ3n) is 6.37. The molecule has 0 radical (unpaired) electrons. The fourth-order valence-electron chi connectivity index (χ4n) is 4.76. The Morgan fingerprint density at radius 2 is 1.79 bits per heavy atom. The molecule has 4 rings (SSSR count). The van der Waals surface area contributed by atoms with E-state index < -0.39 is 11.7 Å². The summed E-state index contributed by atoms with van der Waals surface area (Å²) in [4.78, 5) is 17.3. The van der Waals surface area contributed by atoms with E-state index in [-0.39, 0.29) is 35.8 Å². The van der Waals surface area contributed by atoms with Crippen LogP contribution in [0.5, 0.6) is 11.5 Å². The molecule has 0 unspecified atom stereocenters. The van der Waals surface area contributed by atoms with E-state index in [2.05, 4.69) is 4.90 Å². The number of carbonyl (C=O) groups is 1. The van der Waals surface area contributed by atoms with Crippen LogP contribution in [-0.4, -0.2) is 53.6 Å². The largest absolute Gasteiger partial charge is 0.508 e. The molecule has 2 saturated heterocycles. The van der Waals surface area contributed by atoms with Crippen LogP contribution in [0.2, 0.25) is 0 Å². The highest BCUT2D eigenvalue weighted by atomic mass is 19.4. The van der Waals surface area contributed by atoms with E-state index in [1.165, 1.54) is 12.1 Å². The molecule has 2 atom stereocenters. The third-order valence-corrected chi connectivity index (χ3v) is 6.37. The lowest BCUT2D eigenvalue weighted by Gasteiger charge is -2.38. The molecule has 178 valence electrons. The van der Waals surface area contributed by atoms with Gasteiger partial charge in [0.25, 0.3) is 0 Å². The molecule has 0 spiro atoms. The third kappa shape index (κ3) is 6.19. The van der Waals surface area contributed by atoms with Gasteiger partial charge in [0.2, 0.25) is 5.91 Å². The van der Waals surface area contributed by atoms with Gasteiger partial charge in [-0.1, -0.05) is 18.2 Å². The van der Waals surface area contributed by atoms with Crippen molar-refractivity contribution < 1.29 is 27.8 Å². The molecule has 0 aliphatic carbocycles. The van der Waals surface area contributed by atoms with Gasteiger partial charge in [0.1, 0.15) is 11.5 Å². The van der Waals surface area contributed by atoms with Gasteiger partial charge in [0.15, 0.2) is 0 Å². The molecule has 0 saturated carbocycles. The molecule has 0 aromatic heterocycles. The van der Waals surface area contributed by atoms with Crippen molar-refractivity contribution >= 4 is 5.91 Å². The van der Waals surface area contributed by atoms with Gasteiger partial charge in [0, 0.05) is 38.6 Å². The molecule has 2 aromatic rings. The van der Waals surface area contributed by atoms with Crippen LogP contribution < -0.4 is 4.74 Å². The highest BCUT2D eigenvalue weighted by molar-refractivity contribution is 5.79. The number of ether oxygens (including phenoxy) is 1. The Balaban J connectivity index is 1.44. The number of rotatable bonds is 6. The minimum atomic E-state index is -4.42. The summed E-state index contributed by atoms with van der Waals surface area (Å²) in [6.45, 7) is 3.78. The number of amides is 1. The number of likely N-dealkylation sites (tertiary alicyclic amines) is 2. The maximum absolute atomic E-state index is 13.1. The Morgan fingerprint density at radius 3 is 2.48 bits per heavy atom. The minimum Gasteiger partial charge on any atom is -0.508 e. The lowest BCUT2D eigenvalue weighted by Crippen LogP contribution is -2.48. The number of phenols is 1. The summed E-state index contributed by atoms with van der Waals surface area (Å²) in [6, 6.07) is 11.9. The summed E-state index contributed by atoms with van der Waals surface area (Å²) in [5.41, 5.74) is 0.291. The number of phenolic OH excluding ortho intramolecular Hbond substituents is 1. The van der Waals surface area contributed by atoms with Crippen molar-refractivity contribution in [2.24, 2.45) is 11.8 Å². The number of carbonyl (C=O) groups excluding carboxylic acids is 1. The zero-order valence-electron chi connectivity index (χ0n) is 18.4. The Morgan fingerprint density at radius 1 is 1.06 bits per heavy atom. The number of benzene rings is 2. The van der Waals surface area contributed by atoms with Crippen LogP contribution in [-0.2, 0) is 17.5 Å². The average molecular weight is 463 g/mol. The first-order valence-corrected chi connectivity index (χ1v) is 11.4. The normalized spacial score (nSPS) is 21.8. The molecule has 1 N–H and O–H groups in total. The van der Waals surface area contributed by atoms with E-state index in [1.54, 1.807) is 12.1 Å². The van der Waals surface area contributed by atoms with Crippen molar-refractivity contribution in [3.63, 3.8) is 0 Å². The molecular weight excluding hydrogens is 433 g/mol. The SMILES string of the molecule is O=C([C@@H]1C[C@H](COc2cccc(C(F)(F)F)c2)CN(Cc2ccc(O)cc2)C1)N1CCCC1. The van der Waals surface area contributed by atoms with Crippen molar-refractivity contribution in [1.29, 1.82) is 0 Å². The van der Waals surface area contributed by atoms with E-state index in [0.29, 0.717) is 26.1 Å². The summed E-state index contributed by atoms with van der Waals surface area (Å²) in [5, 5.41) is 9.54. The number of alkyl halides is 3. The molecule has 2 aliphatic heterocycles. The standard InChI is InChI=1S/C25H29F3N2O3/c26-25(27,28)21-4-3-5-23(13-21)33-17-19-12-20(24(32)30-10-1-2-11-30)16-29(15-19)14-18-6-8-22(31)9-7-18/h3-9,13,19-20,31H,1-2,10-12,14-17H2/t19-,20+/m0/s1. The van der Waals surface area contributed by atoms with Gasteiger partial charge < -0.3 is 14.7 Å². The molecule has 33 heavy (non-hydrogen) atoms. The fraction of sp³-hybridized carbons (Fsp3) is 0.480. The Bertz CT molecular complexity index is 943.